The fourth-order valence-electron chi connectivity index (χ4n) is 5.40. The molecule has 0 unspecified atom stereocenters. The van der Waals surface area contributed by atoms with Crippen LogP contribution in [0.3, 0.4) is 0 Å². The smallest absolute Gasteiger partial charge is 0.255 e. The number of fused-ring (bicyclic) bond motifs is 1. The molecule has 2 aromatic carbocycles. The summed E-state index contributed by atoms with van der Waals surface area (Å²) in [6.07, 6.45) is 6.40. The summed E-state index contributed by atoms with van der Waals surface area (Å²) in [5, 5.41) is 3.42. The van der Waals surface area contributed by atoms with E-state index < -0.39 is 0 Å². The summed E-state index contributed by atoms with van der Waals surface area (Å²) in [5.74, 6) is 1.47. The second kappa shape index (κ2) is 11.0. The Labute approximate surface area is 213 Å². The lowest BCUT2D eigenvalue weighted by atomic mass is 9.97. The Morgan fingerprint density at radius 2 is 1.78 bits per heavy atom. The molecule has 3 aromatic rings. The minimum absolute atomic E-state index is 0.0672. The number of pyridine rings is 1. The number of amides is 1. The van der Waals surface area contributed by atoms with Gasteiger partial charge in [0.15, 0.2) is 11.5 Å². The van der Waals surface area contributed by atoms with Crippen LogP contribution in [0.5, 0.6) is 11.5 Å². The Hall–Kier alpha value is -3.58. The van der Waals surface area contributed by atoms with Crippen molar-refractivity contribution in [2.45, 2.75) is 31.8 Å². The van der Waals surface area contributed by atoms with Crippen LogP contribution in [0.25, 0.3) is 0 Å². The van der Waals surface area contributed by atoms with E-state index in [-0.39, 0.29) is 11.9 Å². The molecular weight excluding hydrogens is 452 g/mol. The molecule has 0 spiro atoms. The normalized spacial score (nSPS) is 16.1. The van der Waals surface area contributed by atoms with Crippen molar-refractivity contribution in [3.05, 3.63) is 83.2 Å². The molecule has 0 aliphatic carbocycles. The molecule has 2 aliphatic heterocycles. The average Bonchev–Trinajstić information content (AvgIpc) is 3.28. The number of carbonyl (C=O) groups excluding carboxylic acids is 1. The largest absolute Gasteiger partial charge is 0.493 e. The van der Waals surface area contributed by atoms with Gasteiger partial charge >= 0.3 is 0 Å². The van der Waals surface area contributed by atoms with E-state index in [9.17, 15) is 4.79 Å². The average molecular weight is 487 g/mol. The van der Waals surface area contributed by atoms with Gasteiger partial charge in [0.1, 0.15) is 0 Å². The first-order valence-electron chi connectivity index (χ1n) is 12.7. The van der Waals surface area contributed by atoms with Crippen molar-refractivity contribution >= 4 is 11.6 Å². The molecule has 36 heavy (non-hydrogen) atoms. The molecule has 1 saturated heterocycles. The Balaban J connectivity index is 1.44. The molecular formula is C29H34N4O3. The molecule has 1 N–H and O–H groups in total. The summed E-state index contributed by atoms with van der Waals surface area (Å²) in [6, 6.07) is 16.2. The molecule has 3 heterocycles. The maximum absolute atomic E-state index is 13.8. The van der Waals surface area contributed by atoms with Crippen LogP contribution in [-0.2, 0) is 13.0 Å². The lowest BCUT2D eigenvalue weighted by Crippen LogP contribution is -2.43. The van der Waals surface area contributed by atoms with Crippen LogP contribution in [0.2, 0.25) is 0 Å². The minimum Gasteiger partial charge on any atom is -0.493 e. The molecule has 1 amide bonds. The zero-order valence-corrected chi connectivity index (χ0v) is 21.1. The topological polar surface area (TPSA) is 66.9 Å². The number of ether oxygens (including phenoxy) is 2. The van der Waals surface area contributed by atoms with Crippen molar-refractivity contribution in [1.82, 2.24) is 15.2 Å². The minimum atomic E-state index is -0.0672. The number of nitrogens with one attached hydrogen (secondary N) is 1. The monoisotopic (exact) mass is 486 g/mol. The summed E-state index contributed by atoms with van der Waals surface area (Å²) in [6.45, 7) is 4.45. The van der Waals surface area contributed by atoms with Gasteiger partial charge in [-0.3, -0.25) is 9.78 Å². The van der Waals surface area contributed by atoms with Crippen LogP contribution < -0.4 is 19.7 Å². The van der Waals surface area contributed by atoms with E-state index in [1.165, 1.54) is 11.3 Å². The van der Waals surface area contributed by atoms with Gasteiger partial charge in [0, 0.05) is 61.9 Å². The number of hydrogen-bond donors (Lipinski definition) is 1. The van der Waals surface area contributed by atoms with E-state index in [4.69, 9.17) is 9.47 Å². The molecule has 1 atom stereocenters. The van der Waals surface area contributed by atoms with Gasteiger partial charge in [0.25, 0.3) is 5.91 Å². The van der Waals surface area contributed by atoms with Gasteiger partial charge in [-0.25, -0.2) is 0 Å². The van der Waals surface area contributed by atoms with E-state index in [1.54, 1.807) is 14.2 Å². The number of methoxy groups -OCH3 is 2. The van der Waals surface area contributed by atoms with Crippen LogP contribution >= 0.6 is 0 Å². The third kappa shape index (κ3) is 4.88. The molecule has 0 radical (unpaired) electrons. The molecule has 7 heteroatoms. The van der Waals surface area contributed by atoms with E-state index in [2.05, 4.69) is 39.5 Å². The first-order valence-corrected chi connectivity index (χ1v) is 12.7. The zero-order chi connectivity index (χ0) is 24.9. The number of aromatic nitrogens is 1. The number of nitrogens with zero attached hydrogens (tertiary/aromatic N) is 3. The van der Waals surface area contributed by atoms with Crippen molar-refractivity contribution in [1.29, 1.82) is 0 Å². The van der Waals surface area contributed by atoms with Crippen molar-refractivity contribution in [3.8, 4) is 11.5 Å². The van der Waals surface area contributed by atoms with E-state index in [0.29, 0.717) is 18.0 Å². The predicted molar refractivity (Wildman–Crippen MR) is 141 cm³/mol. The Morgan fingerprint density at radius 1 is 1.00 bits per heavy atom. The molecule has 188 valence electrons. The lowest BCUT2D eigenvalue weighted by molar-refractivity contribution is 0.0689. The molecule has 5 rings (SSSR count). The quantitative estimate of drug-likeness (QED) is 0.488. The molecule has 1 aromatic heterocycles. The predicted octanol–water partition coefficient (Wildman–Crippen LogP) is 4.23. The fraction of sp³-hybridized carbons (Fsp3) is 0.379. The number of benzene rings is 2. The number of hydrogen-bond acceptors (Lipinski definition) is 6. The number of aryl methyl sites for hydroxylation is 1. The van der Waals surface area contributed by atoms with Gasteiger partial charge < -0.3 is 24.6 Å². The Bertz CT molecular complexity index is 1190. The van der Waals surface area contributed by atoms with Gasteiger partial charge in [0.2, 0.25) is 0 Å². The van der Waals surface area contributed by atoms with Crippen LogP contribution in [0.15, 0.2) is 60.9 Å². The third-order valence-electron chi connectivity index (χ3n) is 7.29. The van der Waals surface area contributed by atoms with Crippen molar-refractivity contribution in [3.63, 3.8) is 0 Å². The molecule has 7 nitrogen and oxygen atoms in total. The van der Waals surface area contributed by atoms with Crippen molar-refractivity contribution in [2.24, 2.45) is 0 Å². The summed E-state index contributed by atoms with van der Waals surface area (Å²) in [4.78, 5) is 22.4. The van der Waals surface area contributed by atoms with Crippen molar-refractivity contribution in [2.75, 3.05) is 45.3 Å². The molecule has 0 bridgehead atoms. The van der Waals surface area contributed by atoms with Crippen LogP contribution in [0.4, 0.5) is 5.69 Å². The van der Waals surface area contributed by atoms with Gasteiger partial charge in [0.05, 0.1) is 20.3 Å². The summed E-state index contributed by atoms with van der Waals surface area (Å²) in [5.41, 5.74) is 5.47. The van der Waals surface area contributed by atoms with Gasteiger partial charge in [-0.1, -0.05) is 12.1 Å². The molecule has 2 aliphatic rings. The SMILES string of the molecule is COc1ccc([C@@H](CCCc2ccncc2)N2Cc3c(cccc3N3CCNCC3)C2=O)cc1OC. The second-order valence-electron chi connectivity index (χ2n) is 9.35. The van der Waals surface area contributed by atoms with E-state index >= 15 is 0 Å². The highest BCUT2D eigenvalue weighted by molar-refractivity contribution is 6.00. The van der Waals surface area contributed by atoms with Gasteiger partial charge in [-0.15, -0.1) is 0 Å². The van der Waals surface area contributed by atoms with Crippen molar-refractivity contribution < 1.29 is 14.3 Å². The highest BCUT2D eigenvalue weighted by Crippen LogP contribution is 2.40. The number of anilines is 1. The van der Waals surface area contributed by atoms with Gasteiger partial charge in [-0.2, -0.15) is 0 Å². The maximum atomic E-state index is 13.8. The van der Waals surface area contributed by atoms with Crippen LogP contribution in [-0.4, -0.2) is 56.2 Å². The number of rotatable bonds is 9. The number of carbonyl (C=O) groups is 1. The summed E-state index contributed by atoms with van der Waals surface area (Å²) >= 11 is 0. The first-order chi connectivity index (χ1) is 17.7. The summed E-state index contributed by atoms with van der Waals surface area (Å²) < 4.78 is 11.1. The first kappa shape index (κ1) is 24.1. The second-order valence-corrected chi connectivity index (χ2v) is 9.35. The van der Waals surface area contributed by atoms with E-state index in [0.717, 1.165) is 62.1 Å². The van der Waals surface area contributed by atoms with Crippen LogP contribution in [0.1, 0.15) is 45.9 Å². The van der Waals surface area contributed by atoms with Gasteiger partial charge in [-0.05, 0) is 66.8 Å². The standard InChI is InChI=1S/C29H34N4O3/c1-35-27-10-9-22(19-28(27)36-2)25(7-3-5-21-11-13-30-14-12-21)33-20-24-23(29(33)34)6-4-8-26(24)32-17-15-31-16-18-32/h4,6,8-14,19,25,31H,3,5,7,15-18,20H2,1-2H3/t25-/m1/s1. The summed E-state index contributed by atoms with van der Waals surface area (Å²) in [7, 11) is 3.29. The van der Waals surface area contributed by atoms with Crippen LogP contribution in [0, 0.1) is 0 Å². The zero-order valence-electron chi connectivity index (χ0n) is 21.1. The third-order valence-corrected chi connectivity index (χ3v) is 7.29. The molecule has 1 fully saturated rings. The Kier molecular flexibility index (Phi) is 7.37. The molecule has 0 saturated carbocycles. The number of piperazine rings is 1. The fourth-order valence-corrected chi connectivity index (χ4v) is 5.40. The lowest BCUT2D eigenvalue weighted by Gasteiger charge is -2.32. The maximum Gasteiger partial charge on any atom is 0.255 e. The highest BCUT2D eigenvalue weighted by Gasteiger charge is 2.36. The van der Waals surface area contributed by atoms with E-state index in [1.807, 2.05) is 41.6 Å². The Morgan fingerprint density at radius 3 is 2.53 bits per heavy atom. The highest BCUT2D eigenvalue weighted by atomic mass is 16.5.